The van der Waals surface area contributed by atoms with Crippen LogP contribution in [-0.2, 0) is 16.0 Å². The number of hydrogen-bond acceptors (Lipinski definition) is 4. The van der Waals surface area contributed by atoms with E-state index in [4.69, 9.17) is 10.2 Å². The molecule has 10 heteroatoms. The lowest BCUT2D eigenvalue weighted by atomic mass is 10.0. The molecular weight excluding hydrogens is 620 g/mol. The Kier molecular flexibility index (Phi) is 22.5. The van der Waals surface area contributed by atoms with E-state index in [-0.39, 0.29) is 24.9 Å². The summed E-state index contributed by atoms with van der Waals surface area (Å²) in [6, 6.07) is 15.3. The first-order chi connectivity index (χ1) is 23.8. The first-order valence-corrected chi connectivity index (χ1v) is 18.5. The van der Waals surface area contributed by atoms with Crippen molar-refractivity contribution >= 4 is 35.4 Å². The van der Waals surface area contributed by atoms with Crippen molar-refractivity contribution in [2.75, 3.05) is 23.7 Å². The Morgan fingerprint density at radius 3 is 1.00 bits per heavy atom. The average Bonchev–Trinajstić information content (AvgIpc) is 3.07. The molecule has 0 saturated carbocycles. The number of unbranched alkanes of at least 4 members (excludes halogenated alkanes) is 16. The highest BCUT2D eigenvalue weighted by atomic mass is 16.4. The molecule has 0 saturated heterocycles. The lowest BCUT2D eigenvalue weighted by Gasteiger charge is -2.10. The fraction of sp³-hybridized carbons (Fsp3) is 0.590. The summed E-state index contributed by atoms with van der Waals surface area (Å²) in [4.78, 5) is 45.5. The molecule has 0 radical (unpaired) electrons. The van der Waals surface area contributed by atoms with Crippen molar-refractivity contribution < 1.29 is 29.4 Å². The van der Waals surface area contributed by atoms with Crippen molar-refractivity contribution in [2.45, 2.75) is 135 Å². The SMILES string of the molecule is O=C(O)CCCCCCCCCCCNC(=O)Nc1ccc(Cc2ccc(NC(=O)NCCCCCCCCCCCC(=O)O)cc2)cc1. The average molecular weight is 681 g/mol. The summed E-state index contributed by atoms with van der Waals surface area (Å²) in [5.41, 5.74) is 3.75. The van der Waals surface area contributed by atoms with Gasteiger partial charge < -0.3 is 31.5 Å². The number of nitrogens with one attached hydrogen (secondary N) is 4. The van der Waals surface area contributed by atoms with Crippen molar-refractivity contribution in [1.82, 2.24) is 10.6 Å². The molecule has 0 heterocycles. The van der Waals surface area contributed by atoms with E-state index < -0.39 is 11.9 Å². The number of benzene rings is 2. The molecule has 0 fully saturated rings. The Morgan fingerprint density at radius 1 is 0.408 bits per heavy atom. The molecule has 0 unspecified atom stereocenters. The summed E-state index contributed by atoms with van der Waals surface area (Å²) < 4.78 is 0. The van der Waals surface area contributed by atoms with Crippen LogP contribution in [0.5, 0.6) is 0 Å². The Balaban J connectivity index is 1.49. The molecular formula is C39H60N4O6. The van der Waals surface area contributed by atoms with E-state index in [1.165, 1.54) is 25.7 Å². The molecule has 2 rings (SSSR count). The fourth-order valence-corrected chi connectivity index (χ4v) is 5.68. The Morgan fingerprint density at radius 2 is 0.694 bits per heavy atom. The van der Waals surface area contributed by atoms with Gasteiger partial charge in [0.15, 0.2) is 0 Å². The van der Waals surface area contributed by atoms with Gasteiger partial charge >= 0.3 is 24.0 Å². The minimum atomic E-state index is -0.709. The predicted molar refractivity (Wildman–Crippen MR) is 197 cm³/mol. The highest BCUT2D eigenvalue weighted by Crippen LogP contribution is 2.17. The first kappa shape index (κ1) is 41.1. The molecule has 0 spiro atoms. The zero-order valence-corrected chi connectivity index (χ0v) is 29.4. The number of anilines is 2. The predicted octanol–water partition coefficient (Wildman–Crippen LogP) is 9.49. The second-order valence-electron chi connectivity index (χ2n) is 13.0. The van der Waals surface area contributed by atoms with Crippen LogP contribution < -0.4 is 21.3 Å². The monoisotopic (exact) mass is 680 g/mol. The number of aliphatic carboxylic acids is 2. The van der Waals surface area contributed by atoms with Crippen LogP contribution in [0, 0.1) is 0 Å². The Labute approximate surface area is 293 Å². The van der Waals surface area contributed by atoms with E-state index in [0.29, 0.717) is 13.1 Å². The van der Waals surface area contributed by atoms with Crippen LogP contribution >= 0.6 is 0 Å². The van der Waals surface area contributed by atoms with Crippen LogP contribution in [0.4, 0.5) is 21.0 Å². The number of amides is 4. The molecule has 272 valence electrons. The standard InChI is InChI=1S/C39H60N4O6/c44-36(45)19-15-11-7-3-1-5-9-13-17-29-40-38(48)42-34-25-21-32(22-26-34)31-33-23-27-35(28-24-33)43-39(49)41-30-18-14-10-6-2-4-8-12-16-20-37(46)47/h21-28H,1-20,29-31H2,(H,44,45)(H,46,47)(H2,40,42,48)(H2,41,43,49). The van der Waals surface area contributed by atoms with Gasteiger partial charge in [0.25, 0.3) is 0 Å². The van der Waals surface area contributed by atoms with Gasteiger partial charge in [-0.1, -0.05) is 114 Å². The smallest absolute Gasteiger partial charge is 0.319 e. The molecule has 2 aromatic carbocycles. The van der Waals surface area contributed by atoms with Gasteiger partial charge in [0.2, 0.25) is 0 Å². The van der Waals surface area contributed by atoms with Gasteiger partial charge in [0, 0.05) is 37.3 Å². The number of rotatable bonds is 28. The lowest BCUT2D eigenvalue weighted by molar-refractivity contribution is -0.138. The number of carboxylic acids is 2. The first-order valence-electron chi connectivity index (χ1n) is 18.5. The van der Waals surface area contributed by atoms with E-state index in [2.05, 4.69) is 21.3 Å². The molecule has 0 aliphatic rings. The summed E-state index contributed by atoms with van der Waals surface area (Å²) in [5, 5.41) is 28.9. The van der Waals surface area contributed by atoms with Gasteiger partial charge in [-0.05, 0) is 67.5 Å². The third kappa shape index (κ3) is 23.0. The second-order valence-corrected chi connectivity index (χ2v) is 13.0. The number of carboxylic acid groups (broad SMARTS) is 2. The van der Waals surface area contributed by atoms with Crippen LogP contribution in [0.3, 0.4) is 0 Å². The lowest BCUT2D eigenvalue weighted by Crippen LogP contribution is -2.29. The molecule has 0 aliphatic heterocycles. The molecule has 0 aliphatic carbocycles. The van der Waals surface area contributed by atoms with Crippen LogP contribution in [0.25, 0.3) is 0 Å². The van der Waals surface area contributed by atoms with Crippen LogP contribution in [-0.4, -0.2) is 47.3 Å². The van der Waals surface area contributed by atoms with Crippen molar-refractivity contribution in [3.05, 3.63) is 59.7 Å². The van der Waals surface area contributed by atoms with E-state index in [0.717, 1.165) is 119 Å². The van der Waals surface area contributed by atoms with E-state index in [9.17, 15) is 19.2 Å². The number of hydrogen-bond donors (Lipinski definition) is 6. The highest BCUT2D eigenvalue weighted by Gasteiger charge is 2.05. The van der Waals surface area contributed by atoms with Crippen molar-refractivity contribution in [3.63, 3.8) is 0 Å². The van der Waals surface area contributed by atoms with Crippen LogP contribution in [0.2, 0.25) is 0 Å². The van der Waals surface area contributed by atoms with Crippen molar-refractivity contribution in [3.8, 4) is 0 Å². The summed E-state index contributed by atoms with van der Waals surface area (Å²) in [6.45, 7) is 1.29. The maximum absolute atomic E-state index is 12.3. The summed E-state index contributed by atoms with van der Waals surface area (Å²) >= 11 is 0. The quantitative estimate of drug-likeness (QED) is 0.0492. The molecule has 10 nitrogen and oxygen atoms in total. The van der Waals surface area contributed by atoms with Crippen LogP contribution in [0.15, 0.2) is 48.5 Å². The minimum absolute atomic E-state index is 0.198. The Bertz CT molecular complexity index is 1110. The summed E-state index contributed by atoms with van der Waals surface area (Å²) in [5.74, 6) is -1.42. The second kappa shape index (κ2) is 26.8. The van der Waals surface area contributed by atoms with Gasteiger partial charge in [0.05, 0.1) is 0 Å². The fourth-order valence-electron chi connectivity index (χ4n) is 5.68. The topological polar surface area (TPSA) is 157 Å². The highest BCUT2D eigenvalue weighted by molar-refractivity contribution is 5.89. The molecule has 6 N–H and O–H groups in total. The molecule has 2 aromatic rings. The van der Waals surface area contributed by atoms with E-state index in [1.54, 1.807) is 0 Å². The number of urea groups is 2. The van der Waals surface area contributed by atoms with Gasteiger partial charge in [-0.15, -0.1) is 0 Å². The zero-order valence-electron chi connectivity index (χ0n) is 29.4. The largest absolute Gasteiger partial charge is 0.481 e. The number of carbonyl (C=O) groups is 4. The van der Waals surface area contributed by atoms with Gasteiger partial charge in [-0.3, -0.25) is 9.59 Å². The maximum Gasteiger partial charge on any atom is 0.319 e. The maximum atomic E-state index is 12.3. The molecule has 4 amide bonds. The minimum Gasteiger partial charge on any atom is -0.481 e. The Hall–Kier alpha value is -4.08. The van der Waals surface area contributed by atoms with Crippen LogP contribution in [0.1, 0.15) is 140 Å². The third-order valence-corrected chi connectivity index (χ3v) is 8.54. The zero-order chi connectivity index (χ0) is 35.4. The summed E-state index contributed by atoms with van der Waals surface area (Å²) in [7, 11) is 0. The van der Waals surface area contributed by atoms with E-state index in [1.807, 2.05) is 48.5 Å². The van der Waals surface area contributed by atoms with Crippen molar-refractivity contribution in [1.29, 1.82) is 0 Å². The van der Waals surface area contributed by atoms with Gasteiger partial charge in [-0.25, -0.2) is 9.59 Å². The molecule has 0 atom stereocenters. The molecule has 0 aromatic heterocycles. The molecule has 0 bridgehead atoms. The van der Waals surface area contributed by atoms with E-state index >= 15 is 0 Å². The third-order valence-electron chi connectivity index (χ3n) is 8.54. The van der Waals surface area contributed by atoms with Gasteiger partial charge in [0.1, 0.15) is 0 Å². The van der Waals surface area contributed by atoms with Gasteiger partial charge in [-0.2, -0.15) is 0 Å². The number of carbonyl (C=O) groups excluding carboxylic acids is 2. The summed E-state index contributed by atoms with van der Waals surface area (Å²) in [6.07, 6.45) is 20.5. The van der Waals surface area contributed by atoms with Crippen molar-refractivity contribution in [2.24, 2.45) is 0 Å². The molecule has 49 heavy (non-hydrogen) atoms. The normalized spacial score (nSPS) is 10.8.